The maximum atomic E-state index is 12.1. The van der Waals surface area contributed by atoms with E-state index in [0.29, 0.717) is 19.0 Å². The zero-order valence-corrected chi connectivity index (χ0v) is 15.1. The fourth-order valence-electron chi connectivity index (χ4n) is 3.44. The highest BCUT2D eigenvalue weighted by molar-refractivity contribution is 9.10. The van der Waals surface area contributed by atoms with Crippen molar-refractivity contribution < 1.29 is 9.53 Å². The van der Waals surface area contributed by atoms with Crippen LogP contribution in [0.1, 0.15) is 31.2 Å². The lowest BCUT2D eigenvalue weighted by Crippen LogP contribution is -2.54. The normalized spacial score (nSPS) is 24.9. The Morgan fingerprint density at radius 3 is 3.09 bits per heavy atom. The molecule has 0 saturated carbocycles. The van der Waals surface area contributed by atoms with Gasteiger partial charge in [0.25, 0.3) is 0 Å². The van der Waals surface area contributed by atoms with Crippen molar-refractivity contribution in [3.05, 3.63) is 34.3 Å². The van der Waals surface area contributed by atoms with Crippen LogP contribution in [0, 0.1) is 0 Å². The number of amides is 1. The molecule has 23 heavy (non-hydrogen) atoms. The quantitative estimate of drug-likeness (QED) is 0.853. The van der Waals surface area contributed by atoms with Crippen LogP contribution in [-0.4, -0.2) is 49.2 Å². The number of nitrogens with one attached hydrogen (secondary N) is 1. The Kier molecular flexibility index (Phi) is 6.08. The van der Waals surface area contributed by atoms with Crippen molar-refractivity contribution in [3.8, 4) is 0 Å². The number of carbonyl (C=O) groups is 1. The number of rotatable bonds is 5. The molecule has 3 rings (SSSR count). The Labute approximate surface area is 146 Å². The minimum absolute atomic E-state index is 0.102. The molecule has 1 aromatic rings. The van der Waals surface area contributed by atoms with Gasteiger partial charge in [-0.2, -0.15) is 0 Å². The number of hydrogen-bond donors (Lipinski definition) is 1. The Bertz CT molecular complexity index is 538. The van der Waals surface area contributed by atoms with Gasteiger partial charge in [-0.25, -0.2) is 0 Å². The SMILES string of the molecule is O=C(CCc1ccccc1Br)NC[C@@H]1CN2CCCC[C@H]2CO1. The molecule has 1 aromatic carbocycles. The number of fused-ring (bicyclic) bond motifs is 1. The minimum atomic E-state index is 0.102. The number of aryl methyl sites for hydroxylation is 1. The van der Waals surface area contributed by atoms with E-state index in [-0.39, 0.29) is 12.0 Å². The van der Waals surface area contributed by atoms with Crippen LogP contribution in [0.2, 0.25) is 0 Å². The van der Waals surface area contributed by atoms with Gasteiger partial charge in [-0.05, 0) is 37.4 Å². The van der Waals surface area contributed by atoms with E-state index >= 15 is 0 Å². The number of halogens is 1. The van der Waals surface area contributed by atoms with E-state index in [1.54, 1.807) is 0 Å². The second-order valence-corrected chi connectivity index (χ2v) is 7.35. The highest BCUT2D eigenvalue weighted by Crippen LogP contribution is 2.22. The Hall–Kier alpha value is -0.910. The lowest BCUT2D eigenvalue weighted by Gasteiger charge is -2.42. The third kappa shape index (κ3) is 4.78. The van der Waals surface area contributed by atoms with Crippen molar-refractivity contribution in [1.82, 2.24) is 10.2 Å². The third-order valence-electron chi connectivity index (χ3n) is 4.82. The largest absolute Gasteiger partial charge is 0.373 e. The number of nitrogens with zero attached hydrogens (tertiary/aromatic N) is 1. The van der Waals surface area contributed by atoms with Crippen LogP contribution in [-0.2, 0) is 16.0 Å². The van der Waals surface area contributed by atoms with Gasteiger partial charge < -0.3 is 10.1 Å². The highest BCUT2D eigenvalue weighted by Gasteiger charge is 2.30. The van der Waals surface area contributed by atoms with Gasteiger partial charge in [-0.3, -0.25) is 9.69 Å². The molecule has 0 unspecified atom stereocenters. The van der Waals surface area contributed by atoms with Crippen LogP contribution in [0.5, 0.6) is 0 Å². The van der Waals surface area contributed by atoms with Gasteiger partial charge in [-0.1, -0.05) is 40.5 Å². The van der Waals surface area contributed by atoms with Crippen molar-refractivity contribution in [1.29, 1.82) is 0 Å². The first kappa shape index (κ1) is 16.9. The average molecular weight is 381 g/mol. The molecule has 2 heterocycles. The van der Waals surface area contributed by atoms with E-state index in [9.17, 15) is 4.79 Å². The molecule has 0 aliphatic carbocycles. The predicted molar refractivity (Wildman–Crippen MR) is 94.4 cm³/mol. The molecular weight excluding hydrogens is 356 g/mol. The monoisotopic (exact) mass is 380 g/mol. The number of morpholine rings is 1. The summed E-state index contributed by atoms with van der Waals surface area (Å²) in [5.41, 5.74) is 1.17. The molecule has 4 nitrogen and oxygen atoms in total. The number of ether oxygens (including phenoxy) is 1. The zero-order chi connectivity index (χ0) is 16.1. The molecule has 5 heteroatoms. The van der Waals surface area contributed by atoms with Gasteiger partial charge in [0, 0.05) is 30.0 Å². The van der Waals surface area contributed by atoms with E-state index < -0.39 is 0 Å². The standard InChI is InChI=1S/C18H25BrN2O2/c19-17-7-2-1-5-14(17)8-9-18(22)20-11-16-12-21-10-4-3-6-15(21)13-23-16/h1-2,5,7,15-16H,3-4,6,8-13H2,(H,20,22)/t15-,16+/m0/s1. The van der Waals surface area contributed by atoms with E-state index in [0.717, 1.165) is 24.0 Å². The topological polar surface area (TPSA) is 41.6 Å². The van der Waals surface area contributed by atoms with Crippen LogP contribution in [0.4, 0.5) is 0 Å². The summed E-state index contributed by atoms with van der Waals surface area (Å²) in [4.78, 5) is 14.6. The molecule has 1 amide bonds. The number of piperidine rings is 1. The molecule has 0 radical (unpaired) electrons. The summed E-state index contributed by atoms with van der Waals surface area (Å²) in [5.74, 6) is 0.102. The molecule has 1 N–H and O–H groups in total. The number of carbonyl (C=O) groups excluding carboxylic acids is 1. The summed E-state index contributed by atoms with van der Waals surface area (Å²) in [6.45, 7) is 3.57. The Balaban J connectivity index is 1.38. The summed E-state index contributed by atoms with van der Waals surface area (Å²) < 4.78 is 6.98. The maximum absolute atomic E-state index is 12.1. The van der Waals surface area contributed by atoms with E-state index in [4.69, 9.17) is 4.74 Å². The van der Waals surface area contributed by atoms with Crippen molar-refractivity contribution in [2.45, 2.75) is 44.2 Å². The van der Waals surface area contributed by atoms with Gasteiger partial charge in [0.2, 0.25) is 5.91 Å². The fourth-order valence-corrected chi connectivity index (χ4v) is 3.92. The zero-order valence-electron chi connectivity index (χ0n) is 13.5. The van der Waals surface area contributed by atoms with Crippen molar-refractivity contribution in [2.75, 3.05) is 26.2 Å². The summed E-state index contributed by atoms with van der Waals surface area (Å²) in [6, 6.07) is 8.66. The fraction of sp³-hybridized carbons (Fsp3) is 0.611. The molecule has 126 valence electrons. The molecule has 2 aliphatic heterocycles. The predicted octanol–water partition coefficient (Wildman–Crippen LogP) is 2.75. The summed E-state index contributed by atoms with van der Waals surface area (Å²) in [6.07, 6.45) is 5.28. The number of hydrogen-bond acceptors (Lipinski definition) is 3. The van der Waals surface area contributed by atoms with Gasteiger partial charge in [0.15, 0.2) is 0 Å². The molecule has 2 saturated heterocycles. The molecular formula is C18H25BrN2O2. The summed E-state index contributed by atoms with van der Waals surface area (Å²) in [5, 5.41) is 3.03. The van der Waals surface area contributed by atoms with Gasteiger partial charge in [0.1, 0.15) is 0 Å². The van der Waals surface area contributed by atoms with E-state index in [2.05, 4.69) is 32.2 Å². The summed E-state index contributed by atoms with van der Waals surface area (Å²) >= 11 is 3.52. The van der Waals surface area contributed by atoms with Gasteiger partial charge in [0.05, 0.1) is 12.7 Å². The van der Waals surface area contributed by atoms with Crippen molar-refractivity contribution in [2.24, 2.45) is 0 Å². The molecule has 2 fully saturated rings. The van der Waals surface area contributed by atoms with Crippen LogP contribution >= 0.6 is 15.9 Å². The maximum Gasteiger partial charge on any atom is 0.220 e. The lowest BCUT2D eigenvalue weighted by atomic mass is 10.0. The molecule has 0 bridgehead atoms. The minimum Gasteiger partial charge on any atom is -0.373 e. The highest BCUT2D eigenvalue weighted by atomic mass is 79.9. The van der Waals surface area contributed by atoms with Gasteiger partial charge >= 0.3 is 0 Å². The summed E-state index contributed by atoms with van der Waals surface area (Å²) in [7, 11) is 0. The average Bonchev–Trinajstić information content (AvgIpc) is 2.59. The first-order valence-corrected chi connectivity index (χ1v) is 9.37. The number of benzene rings is 1. The Morgan fingerprint density at radius 1 is 1.35 bits per heavy atom. The molecule has 2 aliphatic rings. The molecule has 0 aromatic heterocycles. The molecule has 2 atom stereocenters. The first-order valence-electron chi connectivity index (χ1n) is 8.58. The van der Waals surface area contributed by atoms with Crippen molar-refractivity contribution >= 4 is 21.8 Å². The van der Waals surface area contributed by atoms with Crippen LogP contribution in [0.3, 0.4) is 0 Å². The first-order chi connectivity index (χ1) is 11.2. The third-order valence-corrected chi connectivity index (χ3v) is 5.59. The second kappa shape index (κ2) is 8.27. The molecule has 0 spiro atoms. The van der Waals surface area contributed by atoms with Crippen LogP contribution in [0.15, 0.2) is 28.7 Å². The Morgan fingerprint density at radius 2 is 2.22 bits per heavy atom. The van der Waals surface area contributed by atoms with E-state index in [1.807, 2.05) is 18.2 Å². The lowest BCUT2D eigenvalue weighted by molar-refractivity contribution is -0.123. The van der Waals surface area contributed by atoms with Crippen molar-refractivity contribution in [3.63, 3.8) is 0 Å². The van der Waals surface area contributed by atoms with Gasteiger partial charge in [-0.15, -0.1) is 0 Å². The smallest absolute Gasteiger partial charge is 0.220 e. The van der Waals surface area contributed by atoms with Crippen LogP contribution < -0.4 is 5.32 Å². The van der Waals surface area contributed by atoms with E-state index in [1.165, 1.54) is 31.4 Å². The second-order valence-electron chi connectivity index (χ2n) is 6.50. The van der Waals surface area contributed by atoms with Crippen LogP contribution in [0.25, 0.3) is 0 Å².